The lowest BCUT2D eigenvalue weighted by atomic mass is 10.2. The van der Waals surface area contributed by atoms with E-state index in [1.165, 1.54) is 5.56 Å². The second-order valence-corrected chi connectivity index (χ2v) is 6.62. The molecule has 0 aliphatic carbocycles. The Morgan fingerprint density at radius 1 is 0.955 bits per heavy atom. The van der Waals surface area contributed by atoms with E-state index in [4.69, 9.17) is 27.9 Å². The number of hydrogen-bond donors (Lipinski definition) is 0. The highest BCUT2D eigenvalue weighted by molar-refractivity contribution is 6.30. The van der Waals surface area contributed by atoms with E-state index in [2.05, 4.69) is 26.2 Å². The highest BCUT2D eigenvalue weighted by Crippen LogP contribution is 2.18. The lowest BCUT2D eigenvalue weighted by Crippen LogP contribution is -3.00. The van der Waals surface area contributed by atoms with Gasteiger partial charge in [-0.2, -0.15) is 0 Å². The quantitative estimate of drug-likeness (QED) is 0.712. The van der Waals surface area contributed by atoms with Crippen LogP contribution in [0.4, 0.5) is 0 Å². The monoisotopic (exact) mass is 359 g/mol. The van der Waals surface area contributed by atoms with Crippen LogP contribution in [-0.2, 0) is 6.54 Å². The van der Waals surface area contributed by atoms with Gasteiger partial charge in [0.15, 0.2) is 0 Å². The minimum absolute atomic E-state index is 0. The predicted molar refractivity (Wildman–Crippen MR) is 89.1 cm³/mol. The lowest BCUT2D eigenvalue weighted by molar-refractivity contribution is -0.903. The fraction of sp³-hybridized carbons (Fsp3) is 0.294. The summed E-state index contributed by atoms with van der Waals surface area (Å²) in [6, 6.07) is 15.5. The fourth-order valence-corrected chi connectivity index (χ4v) is 2.44. The summed E-state index contributed by atoms with van der Waals surface area (Å²) in [5, 5.41) is 1.47. The van der Waals surface area contributed by atoms with Gasteiger partial charge in [0, 0.05) is 15.6 Å². The van der Waals surface area contributed by atoms with Crippen molar-refractivity contribution in [3.05, 3.63) is 64.1 Å². The van der Waals surface area contributed by atoms with E-state index in [0.29, 0.717) is 11.6 Å². The number of nitrogens with zero attached hydrogens (tertiary/aromatic N) is 1. The molecular weight excluding hydrogens is 341 g/mol. The van der Waals surface area contributed by atoms with Crippen molar-refractivity contribution in [2.45, 2.75) is 6.54 Å². The Balaban J connectivity index is 0.00000242. The standard InChI is InChI=1S/C17H20Cl2NO.ClH/c1-20(2,13-14-6-8-15(18)9-7-14)10-11-21-17-5-3-4-16(19)12-17;/h3-9,12H,10-11,13H2,1-2H3;1H/q+1;/p-1. The average Bonchev–Trinajstić information content (AvgIpc) is 2.41. The molecule has 0 aromatic heterocycles. The smallest absolute Gasteiger partial charge is 0.137 e. The maximum atomic E-state index is 5.94. The van der Waals surface area contributed by atoms with Crippen molar-refractivity contribution in [1.82, 2.24) is 0 Å². The molecule has 0 bridgehead atoms. The number of likely N-dealkylation sites (N-methyl/N-ethyl adjacent to an activating group) is 1. The van der Waals surface area contributed by atoms with Gasteiger partial charge >= 0.3 is 0 Å². The SMILES string of the molecule is C[N+](C)(CCOc1cccc(Cl)c1)Cc1ccc(Cl)cc1.[Cl-]. The molecule has 2 rings (SSSR count). The van der Waals surface area contributed by atoms with Gasteiger partial charge in [-0.05, 0) is 30.3 Å². The molecule has 2 aromatic rings. The molecular formula is C17H20Cl3NO. The molecule has 22 heavy (non-hydrogen) atoms. The second kappa shape index (κ2) is 8.64. The Morgan fingerprint density at radius 3 is 2.27 bits per heavy atom. The summed E-state index contributed by atoms with van der Waals surface area (Å²) in [6.45, 7) is 2.51. The first kappa shape index (κ1) is 19.1. The molecule has 0 unspecified atom stereocenters. The Bertz CT molecular complexity index is 585. The van der Waals surface area contributed by atoms with Crippen LogP contribution in [-0.4, -0.2) is 31.7 Å². The summed E-state index contributed by atoms with van der Waals surface area (Å²) in [5.74, 6) is 0.814. The minimum atomic E-state index is 0. The first-order valence-corrected chi connectivity index (χ1v) is 7.65. The molecule has 0 aliphatic rings. The summed E-state index contributed by atoms with van der Waals surface area (Å²) in [4.78, 5) is 0. The molecule has 0 fully saturated rings. The zero-order valence-electron chi connectivity index (χ0n) is 12.7. The third kappa shape index (κ3) is 6.45. The molecule has 5 heteroatoms. The van der Waals surface area contributed by atoms with E-state index in [-0.39, 0.29) is 12.4 Å². The van der Waals surface area contributed by atoms with E-state index in [9.17, 15) is 0 Å². The Morgan fingerprint density at radius 2 is 1.64 bits per heavy atom. The van der Waals surface area contributed by atoms with Crippen LogP contribution < -0.4 is 17.1 Å². The van der Waals surface area contributed by atoms with Crippen LogP contribution in [0.5, 0.6) is 5.75 Å². The normalized spacial score (nSPS) is 10.9. The van der Waals surface area contributed by atoms with Crippen LogP contribution in [0.2, 0.25) is 10.0 Å². The van der Waals surface area contributed by atoms with Crippen LogP contribution in [0.1, 0.15) is 5.56 Å². The second-order valence-electron chi connectivity index (χ2n) is 5.75. The molecule has 0 N–H and O–H groups in total. The van der Waals surface area contributed by atoms with E-state index in [1.54, 1.807) is 0 Å². The summed E-state index contributed by atoms with van der Waals surface area (Å²) in [5.41, 5.74) is 1.27. The number of ether oxygens (including phenoxy) is 1. The number of halogens is 3. The Kier molecular flexibility index (Phi) is 7.51. The van der Waals surface area contributed by atoms with Gasteiger partial charge in [-0.15, -0.1) is 0 Å². The van der Waals surface area contributed by atoms with Crippen LogP contribution in [0.3, 0.4) is 0 Å². The Hall–Kier alpha value is -0.930. The molecule has 120 valence electrons. The molecule has 0 radical (unpaired) electrons. The van der Waals surface area contributed by atoms with Crippen molar-refractivity contribution in [3.63, 3.8) is 0 Å². The first-order chi connectivity index (χ1) is 9.94. The van der Waals surface area contributed by atoms with E-state index in [1.807, 2.05) is 36.4 Å². The molecule has 0 saturated carbocycles. The van der Waals surface area contributed by atoms with Gasteiger partial charge in [0.25, 0.3) is 0 Å². The number of rotatable bonds is 6. The third-order valence-electron chi connectivity index (χ3n) is 3.29. The zero-order chi connectivity index (χ0) is 15.3. The van der Waals surface area contributed by atoms with E-state index < -0.39 is 0 Å². The summed E-state index contributed by atoms with van der Waals surface area (Å²) >= 11 is 11.9. The van der Waals surface area contributed by atoms with E-state index >= 15 is 0 Å². The molecule has 0 saturated heterocycles. The molecule has 0 atom stereocenters. The summed E-state index contributed by atoms with van der Waals surface area (Å²) in [7, 11) is 4.38. The summed E-state index contributed by atoms with van der Waals surface area (Å²) < 4.78 is 6.61. The maximum Gasteiger partial charge on any atom is 0.137 e. The van der Waals surface area contributed by atoms with Crippen molar-refractivity contribution >= 4 is 23.2 Å². The Labute approximate surface area is 148 Å². The van der Waals surface area contributed by atoms with Gasteiger partial charge in [0.05, 0.1) is 14.1 Å². The highest BCUT2D eigenvalue weighted by Gasteiger charge is 2.16. The van der Waals surface area contributed by atoms with Crippen LogP contribution in [0.15, 0.2) is 48.5 Å². The number of benzene rings is 2. The molecule has 0 aliphatic heterocycles. The number of hydrogen-bond acceptors (Lipinski definition) is 1. The zero-order valence-corrected chi connectivity index (χ0v) is 15.0. The van der Waals surface area contributed by atoms with Crippen molar-refractivity contribution < 1.29 is 21.6 Å². The van der Waals surface area contributed by atoms with Gasteiger partial charge in [0.1, 0.15) is 25.4 Å². The first-order valence-electron chi connectivity index (χ1n) is 6.89. The molecule has 0 amide bonds. The van der Waals surface area contributed by atoms with Crippen LogP contribution in [0.25, 0.3) is 0 Å². The van der Waals surface area contributed by atoms with Crippen molar-refractivity contribution in [3.8, 4) is 5.75 Å². The minimum Gasteiger partial charge on any atom is -1.00 e. The highest BCUT2D eigenvalue weighted by atomic mass is 35.5. The number of quaternary nitrogens is 1. The molecule has 0 spiro atoms. The predicted octanol–water partition coefficient (Wildman–Crippen LogP) is 1.65. The topological polar surface area (TPSA) is 9.23 Å². The summed E-state index contributed by atoms with van der Waals surface area (Å²) in [6.07, 6.45) is 0. The van der Waals surface area contributed by atoms with Crippen molar-refractivity contribution in [2.24, 2.45) is 0 Å². The molecule has 0 heterocycles. The lowest BCUT2D eigenvalue weighted by Gasteiger charge is -2.29. The van der Waals surface area contributed by atoms with Gasteiger partial charge < -0.3 is 21.6 Å². The van der Waals surface area contributed by atoms with Crippen LogP contribution >= 0.6 is 23.2 Å². The van der Waals surface area contributed by atoms with Gasteiger partial charge in [0.2, 0.25) is 0 Å². The third-order valence-corrected chi connectivity index (χ3v) is 3.77. The molecule has 2 nitrogen and oxygen atoms in total. The van der Waals surface area contributed by atoms with Gasteiger partial charge in [-0.3, -0.25) is 0 Å². The maximum absolute atomic E-state index is 5.94. The molecule has 2 aromatic carbocycles. The van der Waals surface area contributed by atoms with Crippen molar-refractivity contribution in [1.29, 1.82) is 0 Å². The van der Waals surface area contributed by atoms with E-state index in [0.717, 1.165) is 28.3 Å². The van der Waals surface area contributed by atoms with Crippen molar-refractivity contribution in [2.75, 3.05) is 27.2 Å². The van der Waals surface area contributed by atoms with Gasteiger partial charge in [-0.25, -0.2) is 0 Å². The fourth-order valence-electron chi connectivity index (χ4n) is 2.13. The largest absolute Gasteiger partial charge is 1.00 e. The average molecular weight is 361 g/mol. The van der Waals surface area contributed by atoms with Crippen LogP contribution in [0, 0.1) is 0 Å². The van der Waals surface area contributed by atoms with Gasteiger partial charge in [-0.1, -0.05) is 41.4 Å².